The zero-order valence-corrected chi connectivity index (χ0v) is 35.6. The van der Waals surface area contributed by atoms with Crippen molar-refractivity contribution in [2.75, 3.05) is 6.61 Å². The van der Waals surface area contributed by atoms with Crippen molar-refractivity contribution in [3.8, 4) is 0 Å². The Kier molecular flexibility index (Phi) is 40.3. The first kappa shape index (κ1) is 51.8. The van der Waals surface area contributed by atoms with E-state index in [9.17, 15) is 19.8 Å². The van der Waals surface area contributed by atoms with Gasteiger partial charge in [-0.1, -0.05) is 211 Å². The second-order valence-corrected chi connectivity index (χ2v) is 15.5. The molecule has 0 fully saturated rings. The third kappa shape index (κ3) is 36.8. The fourth-order valence-electron chi connectivity index (χ4n) is 6.79. The molecule has 1 amide bonds. The van der Waals surface area contributed by atoms with Crippen LogP contribution in [0.5, 0.6) is 0 Å². The number of hydrogen-bond acceptors (Lipinski definition) is 5. The molecule has 0 saturated carbocycles. The summed E-state index contributed by atoms with van der Waals surface area (Å²) < 4.78 is 5.88. The van der Waals surface area contributed by atoms with Gasteiger partial charge in [-0.05, 0) is 44.9 Å². The number of carbonyl (C=O) groups is 2. The summed E-state index contributed by atoms with van der Waals surface area (Å²) in [4.78, 5) is 25.9. The third-order valence-corrected chi connectivity index (χ3v) is 10.3. The summed E-state index contributed by atoms with van der Waals surface area (Å²) in [7, 11) is 0. The van der Waals surface area contributed by atoms with Crippen LogP contribution in [0.2, 0.25) is 0 Å². The van der Waals surface area contributed by atoms with Gasteiger partial charge in [-0.15, -0.1) is 0 Å². The number of nitrogens with one attached hydrogen (secondary N) is 1. The number of allylic oxidation sites excluding steroid dienone is 8. The average molecular weight is 758 g/mol. The first-order valence-corrected chi connectivity index (χ1v) is 22.9. The lowest BCUT2D eigenvalue weighted by Crippen LogP contribution is -2.46. The quantitative estimate of drug-likeness (QED) is 0.0329. The first-order chi connectivity index (χ1) is 26.5. The largest absolute Gasteiger partial charge is 0.462 e. The predicted octanol–water partition coefficient (Wildman–Crippen LogP) is 13.1. The molecule has 0 aromatic carbocycles. The summed E-state index contributed by atoms with van der Waals surface area (Å²) in [6.45, 7) is 6.30. The van der Waals surface area contributed by atoms with Crippen LogP contribution in [-0.4, -0.2) is 46.9 Å². The molecular weight excluding hydrogens is 671 g/mol. The topological polar surface area (TPSA) is 95.9 Å². The van der Waals surface area contributed by atoms with Crippen LogP contribution in [0.15, 0.2) is 48.6 Å². The van der Waals surface area contributed by atoms with E-state index >= 15 is 0 Å². The fourth-order valence-corrected chi connectivity index (χ4v) is 6.79. The molecule has 314 valence electrons. The van der Waals surface area contributed by atoms with Crippen molar-refractivity contribution in [2.24, 2.45) is 0 Å². The lowest BCUT2D eigenvalue weighted by atomic mass is 10.0. The van der Waals surface area contributed by atoms with Crippen LogP contribution < -0.4 is 5.32 Å². The second-order valence-electron chi connectivity index (χ2n) is 15.5. The van der Waals surface area contributed by atoms with Crippen LogP contribution in [0, 0.1) is 0 Å². The van der Waals surface area contributed by atoms with Crippen molar-refractivity contribution in [3.05, 3.63) is 48.6 Å². The number of hydrogen-bond donors (Lipinski definition) is 3. The van der Waals surface area contributed by atoms with Gasteiger partial charge in [-0.3, -0.25) is 9.59 Å². The minimum absolute atomic E-state index is 0.0684. The monoisotopic (exact) mass is 758 g/mol. The zero-order valence-electron chi connectivity index (χ0n) is 35.6. The summed E-state index contributed by atoms with van der Waals surface area (Å²) in [6.07, 6.45) is 48.8. The van der Waals surface area contributed by atoms with Crippen LogP contribution in [0.1, 0.15) is 220 Å². The van der Waals surface area contributed by atoms with Gasteiger partial charge in [-0.25, -0.2) is 0 Å². The Balaban J connectivity index is 4.52. The number of aliphatic hydroxyl groups excluding tert-OH is 2. The van der Waals surface area contributed by atoms with Gasteiger partial charge >= 0.3 is 5.97 Å². The highest BCUT2D eigenvalue weighted by Crippen LogP contribution is 2.17. The minimum Gasteiger partial charge on any atom is -0.462 e. The van der Waals surface area contributed by atoms with Crippen LogP contribution in [0.25, 0.3) is 0 Å². The normalized spacial score (nSPS) is 13.8. The molecule has 0 aromatic heterocycles. The van der Waals surface area contributed by atoms with Gasteiger partial charge < -0.3 is 20.3 Å². The van der Waals surface area contributed by atoms with E-state index in [1.807, 2.05) is 18.2 Å². The summed E-state index contributed by atoms with van der Waals surface area (Å²) >= 11 is 0. The molecule has 3 atom stereocenters. The van der Waals surface area contributed by atoms with E-state index in [0.29, 0.717) is 19.3 Å². The molecule has 0 heterocycles. The molecule has 3 unspecified atom stereocenters. The number of ether oxygens (including phenoxy) is 1. The van der Waals surface area contributed by atoms with Crippen molar-refractivity contribution in [1.29, 1.82) is 0 Å². The molecule has 6 nitrogen and oxygen atoms in total. The zero-order chi connectivity index (χ0) is 39.6. The molecule has 54 heavy (non-hydrogen) atoms. The standard InChI is InChI=1S/C48H87NO5/c1-4-7-10-13-16-19-21-23-24-25-27-29-32-35-38-41-48(53)54-44(39-36-33-30-18-15-12-9-6-3)42-47(52)49-45(43-50)46(51)40-37-34-31-28-26-22-20-17-14-11-8-5-2/h7,10,13,16,19,21,23-24,44-46,50-51H,4-6,8-9,11-12,14-15,17-18,20,22,25-43H2,1-3H3,(H,49,52)/b10-7+,16-13+,21-19+,24-23-. The van der Waals surface area contributed by atoms with Crippen molar-refractivity contribution in [2.45, 2.75) is 238 Å². The second kappa shape index (κ2) is 42.0. The van der Waals surface area contributed by atoms with Gasteiger partial charge in [0.25, 0.3) is 0 Å². The highest BCUT2D eigenvalue weighted by Gasteiger charge is 2.24. The highest BCUT2D eigenvalue weighted by atomic mass is 16.5. The molecule has 0 rings (SSSR count). The van der Waals surface area contributed by atoms with Gasteiger partial charge in [0.2, 0.25) is 5.91 Å². The van der Waals surface area contributed by atoms with Crippen LogP contribution in [-0.2, 0) is 14.3 Å². The Labute approximate surface area is 334 Å². The van der Waals surface area contributed by atoms with E-state index in [-0.39, 0.29) is 24.9 Å². The molecule has 0 saturated heterocycles. The Morgan fingerprint density at radius 2 is 1.00 bits per heavy atom. The molecule has 0 aliphatic carbocycles. The molecule has 0 aromatic rings. The van der Waals surface area contributed by atoms with Crippen molar-refractivity contribution in [3.63, 3.8) is 0 Å². The van der Waals surface area contributed by atoms with Gasteiger partial charge in [0.15, 0.2) is 0 Å². The minimum atomic E-state index is -0.788. The van der Waals surface area contributed by atoms with E-state index in [1.54, 1.807) is 0 Å². The lowest BCUT2D eigenvalue weighted by Gasteiger charge is -2.24. The van der Waals surface area contributed by atoms with E-state index in [0.717, 1.165) is 83.5 Å². The van der Waals surface area contributed by atoms with E-state index in [2.05, 4.69) is 56.5 Å². The Morgan fingerprint density at radius 3 is 1.52 bits per heavy atom. The maximum absolute atomic E-state index is 13.1. The fraction of sp³-hybridized carbons (Fsp3) is 0.792. The highest BCUT2D eigenvalue weighted by molar-refractivity contribution is 5.77. The smallest absolute Gasteiger partial charge is 0.306 e. The maximum Gasteiger partial charge on any atom is 0.306 e. The average Bonchev–Trinajstić information content (AvgIpc) is 3.16. The van der Waals surface area contributed by atoms with Crippen LogP contribution in [0.4, 0.5) is 0 Å². The third-order valence-electron chi connectivity index (χ3n) is 10.3. The number of esters is 1. The van der Waals surface area contributed by atoms with Gasteiger partial charge in [0.05, 0.1) is 25.2 Å². The van der Waals surface area contributed by atoms with Gasteiger partial charge in [0.1, 0.15) is 6.10 Å². The molecule has 0 radical (unpaired) electrons. The Bertz CT molecular complexity index is 941. The molecule has 0 bridgehead atoms. The van der Waals surface area contributed by atoms with Crippen LogP contribution in [0.3, 0.4) is 0 Å². The Morgan fingerprint density at radius 1 is 0.556 bits per heavy atom. The van der Waals surface area contributed by atoms with Crippen molar-refractivity contribution < 1.29 is 24.5 Å². The van der Waals surface area contributed by atoms with E-state index in [4.69, 9.17) is 4.74 Å². The number of unbranched alkanes of at least 4 members (excludes halogenated alkanes) is 23. The number of aliphatic hydroxyl groups is 2. The molecule has 0 aliphatic heterocycles. The molecule has 3 N–H and O–H groups in total. The maximum atomic E-state index is 13.1. The molecule has 0 aliphatic rings. The summed E-state index contributed by atoms with van der Waals surface area (Å²) in [6, 6.07) is -0.702. The SMILES string of the molecule is CC/C=C/C=C/C=C/C=C\CCCCCCCC(=O)OC(CCCCCCCCCC)CC(=O)NC(CO)C(O)CCCCCCCCCCCCCC. The van der Waals surface area contributed by atoms with Gasteiger partial charge in [-0.2, -0.15) is 0 Å². The summed E-state index contributed by atoms with van der Waals surface area (Å²) in [5, 5.41) is 23.6. The number of rotatable bonds is 40. The van der Waals surface area contributed by atoms with E-state index < -0.39 is 18.2 Å². The lowest BCUT2D eigenvalue weighted by molar-refractivity contribution is -0.151. The molecule has 6 heteroatoms. The molecular formula is C48H87NO5. The summed E-state index contributed by atoms with van der Waals surface area (Å²) in [5.41, 5.74) is 0. The van der Waals surface area contributed by atoms with Gasteiger partial charge in [0, 0.05) is 6.42 Å². The number of carbonyl (C=O) groups excluding carboxylic acids is 2. The van der Waals surface area contributed by atoms with Crippen molar-refractivity contribution in [1.82, 2.24) is 5.32 Å². The molecule has 0 spiro atoms. The van der Waals surface area contributed by atoms with E-state index in [1.165, 1.54) is 89.9 Å². The van der Waals surface area contributed by atoms with Crippen molar-refractivity contribution >= 4 is 11.9 Å². The number of amides is 1. The predicted molar refractivity (Wildman–Crippen MR) is 232 cm³/mol. The van der Waals surface area contributed by atoms with Crippen LogP contribution >= 0.6 is 0 Å². The summed E-state index contributed by atoms with van der Waals surface area (Å²) in [5.74, 6) is -0.502. The first-order valence-electron chi connectivity index (χ1n) is 22.9. The Hall–Kier alpha value is -2.18.